The van der Waals surface area contributed by atoms with Crippen molar-refractivity contribution in [2.75, 3.05) is 6.54 Å². The molecule has 3 amide bonds. The summed E-state index contributed by atoms with van der Waals surface area (Å²) in [5.74, 6) is -2.33. The maximum absolute atomic E-state index is 13.5. The first-order valence-electron chi connectivity index (χ1n) is 13.2. The molecule has 4 N–H and O–H groups in total. The first-order valence-corrected chi connectivity index (χ1v) is 13.6. The smallest absolute Gasteiger partial charge is 0.347 e. The van der Waals surface area contributed by atoms with Crippen molar-refractivity contribution < 1.29 is 19.5 Å². The Kier molecular flexibility index (Phi) is 7.85. The number of hydrogen-bond acceptors (Lipinski definition) is 7. The summed E-state index contributed by atoms with van der Waals surface area (Å²) in [4.78, 5) is 65.9. The minimum Gasteiger partial charge on any atom is -0.503 e. The van der Waals surface area contributed by atoms with Crippen LogP contribution in [0.2, 0.25) is 5.02 Å². The molecule has 0 unspecified atom stereocenters. The third-order valence-electron chi connectivity index (χ3n) is 7.11. The highest BCUT2D eigenvalue weighted by molar-refractivity contribution is 6.30. The van der Waals surface area contributed by atoms with Crippen LogP contribution in [0.15, 0.2) is 58.3 Å². The van der Waals surface area contributed by atoms with Crippen LogP contribution in [0.25, 0.3) is 5.65 Å². The van der Waals surface area contributed by atoms with Crippen molar-refractivity contribution in [1.82, 2.24) is 34.7 Å². The molecule has 1 aliphatic rings. The summed E-state index contributed by atoms with van der Waals surface area (Å²) in [5.41, 5.74) is -0.214. The largest absolute Gasteiger partial charge is 0.503 e. The van der Waals surface area contributed by atoms with Crippen LogP contribution in [0.3, 0.4) is 0 Å². The Morgan fingerprint density at radius 1 is 1.12 bits per heavy atom. The van der Waals surface area contributed by atoms with E-state index in [9.17, 15) is 29.1 Å². The summed E-state index contributed by atoms with van der Waals surface area (Å²) in [6, 6.07) is 9.77. The van der Waals surface area contributed by atoms with Gasteiger partial charge in [0.1, 0.15) is 6.04 Å². The highest BCUT2D eigenvalue weighted by atomic mass is 35.5. The van der Waals surface area contributed by atoms with E-state index in [2.05, 4.69) is 20.8 Å². The molecular formula is C28H28ClN7O6. The molecule has 1 aliphatic heterocycles. The number of halogens is 1. The summed E-state index contributed by atoms with van der Waals surface area (Å²) in [6.07, 6.45) is 1.53. The number of rotatable bonds is 8. The number of carbonyl (C=O) groups excluding carboxylic acids is 3. The van der Waals surface area contributed by atoms with Crippen molar-refractivity contribution in [2.45, 2.75) is 45.4 Å². The normalized spacial score (nSPS) is 13.7. The van der Waals surface area contributed by atoms with Gasteiger partial charge in [-0.05, 0) is 43.7 Å². The van der Waals surface area contributed by atoms with Gasteiger partial charge in [0.25, 0.3) is 11.8 Å². The van der Waals surface area contributed by atoms with Crippen molar-refractivity contribution in [3.8, 4) is 5.75 Å². The van der Waals surface area contributed by atoms with Crippen LogP contribution in [0.1, 0.15) is 46.0 Å². The van der Waals surface area contributed by atoms with Crippen molar-refractivity contribution in [1.29, 1.82) is 0 Å². The molecule has 42 heavy (non-hydrogen) atoms. The van der Waals surface area contributed by atoms with Crippen molar-refractivity contribution in [3.05, 3.63) is 96.9 Å². The average Bonchev–Trinajstić information content (AvgIpc) is 3.34. The van der Waals surface area contributed by atoms with E-state index in [1.165, 1.54) is 33.4 Å². The average molecular weight is 594 g/mol. The van der Waals surface area contributed by atoms with Crippen molar-refractivity contribution in [2.24, 2.45) is 0 Å². The standard InChI is InChI=1S/C28H28ClN7O6/c1-15(2)34-9-10-35-18(13-21(37)23(38)22(35)27(34)41)14-30-26(40)20(12-16-5-3-6-17(29)11-16)31-25(39)19-7-4-8-36-24(19)32-33-28(36)42/h3-8,11,13,15,20,38H,9-10,12,14H2,1-2H3,(H,30,40)(H,31,39)(H,33,42)/t20-/m0/s1. The lowest BCUT2D eigenvalue weighted by Gasteiger charge is -2.34. The number of hydrogen-bond donors (Lipinski definition) is 4. The molecule has 0 aliphatic carbocycles. The number of aromatic nitrogens is 4. The molecule has 3 aromatic heterocycles. The Morgan fingerprint density at radius 2 is 1.90 bits per heavy atom. The second-order valence-electron chi connectivity index (χ2n) is 10.2. The van der Waals surface area contributed by atoms with Crippen LogP contribution in [0.4, 0.5) is 0 Å². The van der Waals surface area contributed by atoms with Gasteiger partial charge in [-0.3, -0.25) is 19.2 Å². The van der Waals surface area contributed by atoms with Gasteiger partial charge in [0.05, 0.1) is 12.1 Å². The fourth-order valence-corrected chi connectivity index (χ4v) is 5.21. The number of nitrogens with zero attached hydrogens (tertiary/aromatic N) is 4. The van der Waals surface area contributed by atoms with Gasteiger partial charge in [0.2, 0.25) is 11.3 Å². The topological polar surface area (TPSA) is 171 Å². The lowest BCUT2D eigenvalue weighted by Crippen LogP contribution is -2.49. The monoisotopic (exact) mass is 593 g/mol. The summed E-state index contributed by atoms with van der Waals surface area (Å²) >= 11 is 6.14. The van der Waals surface area contributed by atoms with Gasteiger partial charge in [-0.15, -0.1) is 0 Å². The number of carbonyl (C=O) groups is 3. The summed E-state index contributed by atoms with van der Waals surface area (Å²) in [7, 11) is 0. The Bertz CT molecular complexity index is 1830. The van der Waals surface area contributed by atoms with Gasteiger partial charge in [0, 0.05) is 48.5 Å². The van der Waals surface area contributed by atoms with E-state index < -0.39 is 40.6 Å². The molecule has 4 heterocycles. The molecule has 5 rings (SSSR count). The lowest BCUT2D eigenvalue weighted by atomic mass is 10.0. The fourth-order valence-electron chi connectivity index (χ4n) is 5.00. The highest BCUT2D eigenvalue weighted by Gasteiger charge is 2.32. The molecule has 1 aromatic carbocycles. The Morgan fingerprint density at radius 3 is 2.64 bits per heavy atom. The maximum Gasteiger partial charge on any atom is 0.347 e. The number of aromatic hydroxyl groups is 1. The van der Waals surface area contributed by atoms with Gasteiger partial charge in [0.15, 0.2) is 17.1 Å². The highest BCUT2D eigenvalue weighted by Crippen LogP contribution is 2.23. The first-order chi connectivity index (χ1) is 20.0. The molecule has 4 aromatic rings. The predicted molar refractivity (Wildman–Crippen MR) is 153 cm³/mol. The summed E-state index contributed by atoms with van der Waals surface area (Å²) in [5, 5.41) is 22.5. The van der Waals surface area contributed by atoms with Gasteiger partial charge in [-0.2, -0.15) is 5.10 Å². The molecule has 1 atom stereocenters. The van der Waals surface area contributed by atoms with Gasteiger partial charge in [-0.1, -0.05) is 23.7 Å². The zero-order chi connectivity index (χ0) is 30.1. The van der Waals surface area contributed by atoms with Crippen LogP contribution < -0.4 is 21.8 Å². The molecule has 0 bridgehead atoms. The molecule has 0 radical (unpaired) electrons. The molecule has 218 valence electrons. The van der Waals surface area contributed by atoms with E-state index in [4.69, 9.17) is 11.6 Å². The van der Waals surface area contributed by atoms with E-state index in [0.717, 1.165) is 0 Å². The number of H-pyrrole nitrogens is 1. The summed E-state index contributed by atoms with van der Waals surface area (Å²) in [6.45, 7) is 4.20. The van der Waals surface area contributed by atoms with Crippen LogP contribution in [-0.2, 0) is 24.3 Å². The zero-order valence-electron chi connectivity index (χ0n) is 22.8. The SMILES string of the molecule is CC(C)N1CCn2c(CNC(=O)[C@H](Cc3cccc(Cl)c3)NC(=O)c3cccn4c(=O)[nH]nc34)cc(=O)c(O)c2C1=O. The Labute approximate surface area is 243 Å². The van der Waals surface area contributed by atoms with E-state index in [-0.39, 0.29) is 35.9 Å². The minimum absolute atomic E-state index is 0.0735. The number of amides is 3. The summed E-state index contributed by atoms with van der Waals surface area (Å²) < 4.78 is 2.70. The molecule has 0 saturated carbocycles. The number of benzene rings is 1. The molecule has 0 fully saturated rings. The third kappa shape index (κ3) is 5.50. The first kappa shape index (κ1) is 28.6. The second-order valence-corrected chi connectivity index (χ2v) is 10.6. The molecule has 0 spiro atoms. The minimum atomic E-state index is -1.09. The predicted octanol–water partition coefficient (Wildman–Crippen LogP) is 1.06. The quantitative estimate of drug-likeness (QED) is 0.237. The molecule has 14 heteroatoms. The van der Waals surface area contributed by atoms with Gasteiger partial charge >= 0.3 is 5.69 Å². The van der Waals surface area contributed by atoms with E-state index >= 15 is 0 Å². The number of fused-ring (bicyclic) bond motifs is 2. The molecule has 13 nitrogen and oxygen atoms in total. The second kappa shape index (κ2) is 11.5. The van der Waals surface area contributed by atoms with E-state index in [0.29, 0.717) is 29.4 Å². The fraction of sp³-hybridized carbons (Fsp3) is 0.286. The van der Waals surface area contributed by atoms with Crippen LogP contribution in [0, 0.1) is 0 Å². The van der Waals surface area contributed by atoms with E-state index in [1.54, 1.807) is 29.2 Å². The van der Waals surface area contributed by atoms with E-state index in [1.807, 2.05) is 13.8 Å². The zero-order valence-corrected chi connectivity index (χ0v) is 23.5. The molecular weight excluding hydrogens is 566 g/mol. The number of nitrogens with one attached hydrogen (secondary N) is 3. The lowest BCUT2D eigenvalue weighted by molar-refractivity contribution is -0.123. The van der Waals surface area contributed by atoms with Crippen LogP contribution >= 0.6 is 11.6 Å². The van der Waals surface area contributed by atoms with Crippen LogP contribution in [0.5, 0.6) is 5.75 Å². The Hall–Kier alpha value is -4.91. The van der Waals surface area contributed by atoms with Crippen molar-refractivity contribution in [3.63, 3.8) is 0 Å². The number of aromatic amines is 1. The molecule has 0 saturated heterocycles. The van der Waals surface area contributed by atoms with Crippen LogP contribution in [-0.4, -0.2) is 65.5 Å². The van der Waals surface area contributed by atoms with Gasteiger partial charge in [-0.25, -0.2) is 14.3 Å². The Balaban J connectivity index is 1.42. The van der Waals surface area contributed by atoms with Crippen molar-refractivity contribution >= 4 is 35.0 Å². The number of pyridine rings is 2. The van der Waals surface area contributed by atoms with Gasteiger partial charge < -0.3 is 25.2 Å². The maximum atomic E-state index is 13.5. The third-order valence-corrected chi connectivity index (χ3v) is 7.34.